The summed E-state index contributed by atoms with van der Waals surface area (Å²) in [6.07, 6.45) is 15.3. The van der Waals surface area contributed by atoms with Crippen LogP contribution in [0.3, 0.4) is 0 Å². The minimum absolute atomic E-state index is 0.0793. The minimum Gasteiger partial charge on any atom is -0.353 e. The van der Waals surface area contributed by atoms with Crippen LogP contribution in [0.15, 0.2) is 12.1 Å². The largest absolute Gasteiger partial charge is 0.353 e. The molecule has 3 saturated carbocycles. The van der Waals surface area contributed by atoms with Gasteiger partial charge in [0.25, 0.3) is 5.91 Å². The van der Waals surface area contributed by atoms with Crippen LogP contribution in [0.2, 0.25) is 0 Å². The van der Waals surface area contributed by atoms with Gasteiger partial charge in [-0.2, -0.15) is 0 Å². The van der Waals surface area contributed by atoms with Crippen LogP contribution in [0.5, 0.6) is 0 Å². The number of rotatable bonds is 8. The van der Waals surface area contributed by atoms with Gasteiger partial charge in [0.2, 0.25) is 5.91 Å². The molecule has 3 aliphatic carbocycles. The van der Waals surface area contributed by atoms with Crippen molar-refractivity contribution in [2.45, 2.75) is 102 Å². The highest BCUT2D eigenvalue weighted by molar-refractivity contribution is 7.14. The molecule has 0 aromatic carbocycles. The molecule has 1 atom stereocenters. The van der Waals surface area contributed by atoms with E-state index in [1.54, 1.807) is 11.3 Å². The molecule has 1 aromatic rings. The summed E-state index contributed by atoms with van der Waals surface area (Å²) in [5.74, 6) is 2.03. The van der Waals surface area contributed by atoms with E-state index in [0.29, 0.717) is 0 Å². The molecule has 2 N–H and O–H groups in total. The van der Waals surface area contributed by atoms with Crippen molar-refractivity contribution >= 4 is 23.2 Å². The first-order valence-corrected chi connectivity index (χ1v) is 13.1. The van der Waals surface area contributed by atoms with Crippen molar-refractivity contribution in [2.75, 3.05) is 0 Å². The summed E-state index contributed by atoms with van der Waals surface area (Å²) in [4.78, 5) is 27.4. The first kappa shape index (κ1) is 21.9. The topological polar surface area (TPSA) is 58.2 Å². The summed E-state index contributed by atoms with van der Waals surface area (Å²) in [5.41, 5.74) is 0. The zero-order valence-electron chi connectivity index (χ0n) is 18.5. The predicted molar refractivity (Wildman–Crippen MR) is 123 cm³/mol. The molecule has 0 spiro atoms. The molecule has 1 heterocycles. The van der Waals surface area contributed by atoms with Gasteiger partial charge >= 0.3 is 0 Å². The van der Waals surface area contributed by atoms with E-state index in [0.717, 1.165) is 55.2 Å². The second kappa shape index (κ2) is 10.3. The maximum absolute atomic E-state index is 12.6. The number of hydrogen-bond acceptors (Lipinski definition) is 3. The van der Waals surface area contributed by atoms with Gasteiger partial charge in [0.15, 0.2) is 0 Å². The molecule has 0 radical (unpaired) electrons. The lowest BCUT2D eigenvalue weighted by molar-refractivity contribution is -0.126. The van der Waals surface area contributed by atoms with Crippen molar-refractivity contribution in [3.05, 3.63) is 21.9 Å². The number of hydrogen-bond donors (Lipinski definition) is 2. The van der Waals surface area contributed by atoms with Crippen molar-refractivity contribution in [3.63, 3.8) is 0 Å². The standard InChI is InChI=1S/C25H38N2O2S/c1-17(15-18-5-3-2-4-6-18)24(28)26-20-9-11-21(12-10-20)27-25(29)23-14-13-22(30-23)16-19-7-8-19/h13-14,17-21H,2-12,15-16H2,1H3,(H,26,28)(H,27,29). The number of carbonyl (C=O) groups excluding carboxylic acids is 2. The number of thiophene rings is 1. The maximum Gasteiger partial charge on any atom is 0.261 e. The summed E-state index contributed by atoms with van der Waals surface area (Å²) in [7, 11) is 0. The zero-order chi connectivity index (χ0) is 20.9. The van der Waals surface area contributed by atoms with Crippen molar-refractivity contribution in [1.82, 2.24) is 10.6 Å². The molecule has 5 heteroatoms. The molecular formula is C25H38N2O2S. The van der Waals surface area contributed by atoms with Crippen LogP contribution in [0, 0.1) is 17.8 Å². The molecule has 0 bridgehead atoms. The Morgan fingerprint density at radius 1 is 0.900 bits per heavy atom. The van der Waals surface area contributed by atoms with Gasteiger partial charge < -0.3 is 10.6 Å². The van der Waals surface area contributed by atoms with Crippen molar-refractivity contribution in [1.29, 1.82) is 0 Å². The minimum atomic E-state index is 0.0793. The molecule has 4 rings (SSSR count). The highest BCUT2D eigenvalue weighted by atomic mass is 32.1. The maximum atomic E-state index is 12.6. The van der Waals surface area contributed by atoms with Crippen LogP contribution in [0.1, 0.15) is 98.5 Å². The lowest BCUT2D eigenvalue weighted by Crippen LogP contribution is -2.45. The number of carbonyl (C=O) groups is 2. The Kier molecular flexibility index (Phi) is 7.50. The summed E-state index contributed by atoms with van der Waals surface area (Å²) in [5, 5.41) is 6.52. The van der Waals surface area contributed by atoms with Gasteiger partial charge in [0.05, 0.1) is 4.88 Å². The van der Waals surface area contributed by atoms with Crippen LogP contribution in [-0.2, 0) is 11.2 Å². The molecule has 30 heavy (non-hydrogen) atoms. The molecule has 1 aromatic heterocycles. The van der Waals surface area contributed by atoms with Crippen molar-refractivity contribution in [3.8, 4) is 0 Å². The van der Waals surface area contributed by atoms with Gasteiger partial charge in [-0.05, 0) is 75.3 Å². The average molecular weight is 431 g/mol. The van der Waals surface area contributed by atoms with Crippen LogP contribution < -0.4 is 10.6 Å². The van der Waals surface area contributed by atoms with Crippen LogP contribution >= 0.6 is 11.3 Å². The molecule has 4 nitrogen and oxygen atoms in total. The molecule has 3 aliphatic rings. The summed E-state index contributed by atoms with van der Waals surface area (Å²) < 4.78 is 0. The monoisotopic (exact) mass is 430 g/mol. The highest BCUT2D eigenvalue weighted by Crippen LogP contribution is 2.34. The van der Waals surface area contributed by atoms with E-state index >= 15 is 0 Å². The first-order valence-electron chi connectivity index (χ1n) is 12.3. The van der Waals surface area contributed by atoms with E-state index in [-0.39, 0.29) is 29.8 Å². The van der Waals surface area contributed by atoms with Gasteiger partial charge in [-0.15, -0.1) is 11.3 Å². The Labute approximate surface area is 185 Å². The van der Waals surface area contributed by atoms with E-state index in [4.69, 9.17) is 0 Å². The Morgan fingerprint density at radius 2 is 1.57 bits per heavy atom. The molecule has 3 fully saturated rings. The van der Waals surface area contributed by atoms with Gasteiger partial charge in [-0.25, -0.2) is 0 Å². The van der Waals surface area contributed by atoms with Crippen molar-refractivity contribution in [2.24, 2.45) is 17.8 Å². The molecule has 166 valence electrons. The average Bonchev–Trinajstić information content (AvgIpc) is 3.44. The first-order chi connectivity index (χ1) is 14.6. The summed E-state index contributed by atoms with van der Waals surface area (Å²) in [6, 6.07) is 4.61. The van der Waals surface area contributed by atoms with Crippen molar-refractivity contribution < 1.29 is 9.59 Å². The normalized spacial score (nSPS) is 26.2. The molecule has 2 amide bonds. The Bertz CT molecular complexity index is 712. The molecule has 1 unspecified atom stereocenters. The summed E-state index contributed by atoms with van der Waals surface area (Å²) in [6.45, 7) is 2.09. The van der Waals surface area contributed by atoms with Gasteiger partial charge in [0.1, 0.15) is 0 Å². The van der Waals surface area contributed by atoms with E-state index in [1.165, 1.54) is 49.8 Å². The van der Waals surface area contributed by atoms with Gasteiger partial charge in [-0.3, -0.25) is 9.59 Å². The fraction of sp³-hybridized carbons (Fsp3) is 0.760. The quantitative estimate of drug-likeness (QED) is 0.575. The molecule has 0 aliphatic heterocycles. The third-order valence-electron chi connectivity index (χ3n) is 7.34. The van der Waals surface area contributed by atoms with E-state index in [2.05, 4.69) is 23.6 Å². The van der Waals surface area contributed by atoms with E-state index in [9.17, 15) is 9.59 Å². The Hall–Kier alpha value is -1.36. The second-order valence-electron chi connectivity index (χ2n) is 10.1. The lowest BCUT2D eigenvalue weighted by atomic mass is 9.83. The number of nitrogens with one attached hydrogen (secondary N) is 2. The SMILES string of the molecule is CC(CC1CCCCC1)C(=O)NC1CCC(NC(=O)c2ccc(CC3CC3)s2)CC1. The molecular weight excluding hydrogens is 392 g/mol. The third kappa shape index (κ3) is 6.32. The van der Waals surface area contributed by atoms with Gasteiger partial charge in [0, 0.05) is 22.9 Å². The van der Waals surface area contributed by atoms with E-state index < -0.39 is 0 Å². The Balaban J connectivity index is 1.15. The zero-order valence-corrected chi connectivity index (χ0v) is 19.3. The Morgan fingerprint density at radius 3 is 2.23 bits per heavy atom. The van der Waals surface area contributed by atoms with Crippen LogP contribution in [0.25, 0.3) is 0 Å². The lowest BCUT2D eigenvalue weighted by Gasteiger charge is -2.31. The fourth-order valence-corrected chi connectivity index (χ4v) is 6.25. The van der Waals surface area contributed by atoms with Gasteiger partial charge in [-0.1, -0.05) is 39.0 Å². The third-order valence-corrected chi connectivity index (χ3v) is 8.45. The molecule has 0 saturated heterocycles. The predicted octanol–water partition coefficient (Wildman–Crippen LogP) is 5.46. The van der Waals surface area contributed by atoms with Crippen LogP contribution in [-0.4, -0.2) is 23.9 Å². The van der Waals surface area contributed by atoms with E-state index in [1.807, 2.05) is 6.07 Å². The highest BCUT2D eigenvalue weighted by Gasteiger charge is 2.27. The summed E-state index contributed by atoms with van der Waals surface area (Å²) >= 11 is 1.66. The smallest absolute Gasteiger partial charge is 0.261 e. The van der Waals surface area contributed by atoms with Crippen LogP contribution in [0.4, 0.5) is 0 Å². The number of amides is 2. The second-order valence-corrected chi connectivity index (χ2v) is 11.3. The fourth-order valence-electron chi connectivity index (χ4n) is 5.23.